The molecule has 0 unspecified atom stereocenters. The van der Waals surface area contributed by atoms with Crippen LogP contribution >= 0.6 is 15.9 Å². The Morgan fingerprint density at radius 3 is 2.86 bits per heavy atom. The molecular weight excluding hydrogens is 244 g/mol. The number of rotatable bonds is 3. The van der Waals surface area contributed by atoms with E-state index in [1.54, 1.807) is 17.0 Å². The van der Waals surface area contributed by atoms with Crippen LogP contribution in [0.25, 0.3) is 0 Å². The van der Waals surface area contributed by atoms with Gasteiger partial charge in [-0.1, -0.05) is 15.9 Å². The molecule has 1 heterocycles. The van der Waals surface area contributed by atoms with Gasteiger partial charge in [-0.2, -0.15) is 0 Å². The lowest BCUT2D eigenvalue weighted by Crippen LogP contribution is -2.25. The summed E-state index contributed by atoms with van der Waals surface area (Å²) in [5.41, 5.74) is 1.17. The molecule has 0 amide bonds. The summed E-state index contributed by atoms with van der Waals surface area (Å²) in [6.45, 7) is 2.63. The Balaban J connectivity index is 2.21. The van der Waals surface area contributed by atoms with Crippen LogP contribution in [0.2, 0.25) is 0 Å². The van der Waals surface area contributed by atoms with Gasteiger partial charge >= 0.3 is 0 Å². The van der Waals surface area contributed by atoms with Crippen molar-refractivity contribution in [3.63, 3.8) is 0 Å². The maximum absolute atomic E-state index is 11.6. The van der Waals surface area contributed by atoms with Crippen molar-refractivity contribution in [2.75, 3.05) is 5.33 Å². The van der Waals surface area contributed by atoms with Gasteiger partial charge in [-0.15, -0.1) is 0 Å². The van der Waals surface area contributed by atoms with Gasteiger partial charge in [0.15, 0.2) is 0 Å². The monoisotopic (exact) mass is 256 g/mol. The smallest absolute Gasteiger partial charge is 0.253 e. The molecule has 76 valence electrons. The van der Waals surface area contributed by atoms with Gasteiger partial charge in [0, 0.05) is 23.6 Å². The van der Waals surface area contributed by atoms with Crippen molar-refractivity contribution in [2.24, 2.45) is 5.41 Å². The minimum absolute atomic E-state index is 0.0599. The molecule has 0 aromatic carbocycles. The first-order valence-corrected chi connectivity index (χ1v) is 5.86. The summed E-state index contributed by atoms with van der Waals surface area (Å²) in [6, 6.07) is 1.59. The van der Waals surface area contributed by atoms with E-state index in [0.29, 0.717) is 5.41 Å². The maximum Gasteiger partial charge on any atom is 0.253 e. The molecule has 0 N–H and O–H groups in total. The van der Waals surface area contributed by atoms with Crippen LogP contribution in [0.3, 0.4) is 0 Å². The van der Waals surface area contributed by atoms with Crippen LogP contribution in [0, 0.1) is 12.3 Å². The van der Waals surface area contributed by atoms with Gasteiger partial charge in [-0.3, -0.25) is 9.36 Å². The lowest BCUT2D eigenvalue weighted by Gasteiger charge is -2.12. The van der Waals surface area contributed by atoms with Gasteiger partial charge in [-0.25, -0.2) is 4.98 Å². The summed E-state index contributed by atoms with van der Waals surface area (Å²) in [5.74, 6) is 0. The highest BCUT2D eigenvalue weighted by Crippen LogP contribution is 2.48. The fourth-order valence-corrected chi connectivity index (χ4v) is 2.25. The number of hydrogen-bond donors (Lipinski definition) is 0. The van der Waals surface area contributed by atoms with Crippen molar-refractivity contribution in [1.82, 2.24) is 9.55 Å². The molecule has 4 heteroatoms. The molecule has 2 rings (SSSR count). The van der Waals surface area contributed by atoms with Crippen LogP contribution in [0.1, 0.15) is 18.5 Å². The van der Waals surface area contributed by atoms with Crippen LogP contribution in [0.15, 0.2) is 17.2 Å². The van der Waals surface area contributed by atoms with Crippen molar-refractivity contribution in [3.05, 3.63) is 28.4 Å². The third-order valence-corrected chi connectivity index (χ3v) is 3.95. The van der Waals surface area contributed by atoms with E-state index in [-0.39, 0.29) is 5.56 Å². The molecule has 0 spiro atoms. The predicted molar refractivity (Wildman–Crippen MR) is 58.7 cm³/mol. The molecule has 0 saturated heterocycles. The molecule has 1 fully saturated rings. The number of alkyl halides is 1. The topological polar surface area (TPSA) is 34.9 Å². The van der Waals surface area contributed by atoms with Crippen LogP contribution in [0.4, 0.5) is 0 Å². The largest absolute Gasteiger partial charge is 0.299 e. The summed E-state index contributed by atoms with van der Waals surface area (Å²) in [4.78, 5) is 15.7. The molecule has 14 heavy (non-hydrogen) atoms. The van der Waals surface area contributed by atoms with Crippen LogP contribution in [-0.4, -0.2) is 14.9 Å². The Morgan fingerprint density at radius 2 is 2.36 bits per heavy atom. The van der Waals surface area contributed by atoms with Gasteiger partial charge < -0.3 is 0 Å². The molecule has 0 bridgehead atoms. The Bertz CT molecular complexity index is 395. The van der Waals surface area contributed by atoms with Crippen molar-refractivity contribution in [1.29, 1.82) is 0 Å². The Kier molecular flexibility index (Phi) is 2.47. The molecule has 1 saturated carbocycles. The third kappa shape index (κ3) is 1.90. The SMILES string of the molecule is Cc1cc(=O)n(CC2(CBr)CC2)cn1. The molecule has 1 aliphatic carbocycles. The number of nitrogens with zero attached hydrogens (tertiary/aromatic N) is 2. The highest BCUT2D eigenvalue weighted by atomic mass is 79.9. The first-order valence-electron chi connectivity index (χ1n) is 4.74. The van der Waals surface area contributed by atoms with Crippen molar-refractivity contribution in [2.45, 2.75) is 26.3 Å². The van der Waals surface area contributed by atoms with Crippen LogP contribution in [-0.2, 0) is 6.54 Å². The molecule has 1 aromatic rings. The average Bonchev–Trinajstić information content (AvgIpc) is 2.91. The van der Waals surface area contributed by atoms with E-state index in [0.717, 1.165) is 17.6 Å². The van der Waals surface area contributed by atoms with E-state index in [9.17, 15) is 4.79 Å². The van der Waals surface area contributed by atoms with Gasteiger partial charge in [0.25, 0.3) is 5.56 Å². The minimum Gasteiger partial charge on any atom is -0.299 e. The van der Waals surface area contributed by atoms with E-state index in [1.807, 2.05) is 6.92 Å². The molecule has 0 atom stereocenters. The quantitative estimate of drug-likeness (QED) is 0.773. The lowest BCUT2D eigenvalue weighted by molar-refractivity contribution is 0.460. The summed E-state index contributed by atoms with van der Waals surface area (Å²) in [5, 5.41) is 0.973. The number of halogens is 1. The minimum atomic E-state index is 0.0599. The summed E-state index contributed by atoms with van der Waals surface area (Å²) < 4.78 is 1.71. The third-order valence-electron chi connectivity index (χ3n) is 2.76. The average molecular weight is 257 g/mol. The second-order valence-electron chi connectivity index (χ2n) is 4.13. The summed E-state index contributed by atoms with van der Waals surface area (Å²) in [7, 11) is 0. The van der Waals surface area contributed by atoms with Crippen LogP contribution in [0.5, 0.6) is 0 Å². The van der Waals surface area contributed by atoms with E-state index < -0.39 is 0 Å². The van der Waals surface area contributed by atoms with Crippen LogP contribution < -0.4 is 5.56 Å². The van der Waals surface area contributed by atoms with E-state index >= 15 is 0 Å². The normalized spacial score (nSPS) is 18.1. The second-order valence-corrected chi connectivity index (χ2v) is 4.69. The molecule has 0 radical (unpaired) electrons. The van der Waals surface area contributed by atoms with Crippen molar-refractivity contribution in [3.8, 4) is 0 Å². The standard InChI is InChI=1S/C10H13BrN2O/c1-8-4-9(14)13(7-12-8)6-10(5-11)2-3-10/h4,7H,2-3,5-6H2,1H3. The van der Waals surface area contributed by atoms with Gasteiger partial charge in [0.05, 0.1) is 6.33 Å². The number of aromatic nitrogens is 2. The second kappa shape index (κ2) is 3.50. The van der Waals surface area contributed by atoms with Gasteiger partial charge in [0.1, 0.15) is 0 Å². The Hall–Kier alpha value is -0.640. The number of aryl methyl sites for hydroxylation is 1. The van der Waals surface area contributed by atoms with Gasteiger partial charge in [-0.05, 0) is 25.2 Å². The first kappa shape index (κ1) is 9.90. The fraction of sp³-hybridized carbons (Fsp3) is 0.600. The zero-order chi connectivity index (χ0) is 10.2. The maximum atomic E-state index is 11.6. The molecule has 1 aromatic heterocycles. The highest BCUT2D eigenvalue weighted by molar-refractivity contribution is 9.09. The number of hydrogen-bond acceptors (Lipinski definition) is 2. The first-order chi connectivity index (χ1) is 6.65. The zero-order valence-electron chi connectivity index (χ0n) is 8.16. The van der Waals surface area contributed by atoms with Crippen molar-refractivity contribution >= 4 is 15.9 Å². The lowest BCUT2D eigenvalue weighted by atomic mass is 10.1. The molecule has 3 nitrogen and oxygen atoms in total. The Labute approximate surface area is 91.3 Å². The highest BCUT2D eigenvalue weighted by Gasteiger charge is 2.41. The predicted octanol–water partition coefficient (Wildman–Crippen LogP) is 1.73. The van der Waals surface area contributed by atoms with E-state index in [1.165, 1.54) is 12.8 Å². The summed E-state index contributed by atoms with van der Waals surface area (Å²) >= 11 is 3.49. The van der Waals surface area contributed by atoms with E-state index in [4.69, 9.17) is 0 Å². The van der Waals surface area contributed by atoms with E-state index in [2.05, 4.69) is 20.9 Å². The van der Waals surface area contributed by atoms with Crippen molar-refractivity contribution < 1.29 is 0 Å². The fourth-order valence-electron chi connectivity index (χ4n) is 1.51. The molecular formula is C10H13BrN2O. The molecule has 1 aliphatic rings. The summed E-state index contributed by atoms with van der Waals surface area (Å²) in [6.07, 6.45) is 4.07. The Morgan fingerprint density at radius 1 is 1.64 bits per heavy atom. The molecule has 0 aliphatic heterocycles. The van der Waals surface area contributed by atoms with Gasteiger partial charge in [0.2, 0.25) is 0 Å². The zero-order valence-corrected chi connectivity index (χ0v) is 9.75.